The number of ether oxygens (including phenoxy) is 2. The number of methoxy groups -OCH3 is 1. The summed E-state index contributed by atoms with van der Waals surface area (Å²) >= 11 is 0. The number of nitrogens with one attached hydrogen (secondary N) is 1. The van der Waals surface area contributed by atoms with E-state index >= 15 is 0 Å². The number of rotatable bonds is 5. The monoisotopic (exact) mass is 311 g/mol. The van der Waals surface area contributed by atoms with Crippen LogP contribution in [-0.4, -0.2) is 13.2 Å². The molecule has 0 radical (unpaired) electrons. The Morgan fingerprint density at radius 1 is 1.30 bits per heavy atom. The van der Waals surface area contributed by atoms with Gasteiger partial charge in [-0.15, -0.1) is 0 Å². The Bertz CT molecular complexity index is 696. The topological polar surface area (TPSA) is 30.5 Å². The average Bonchev–Trinajstić information content (AvgIpc) is 2.90. The van der Waals surface area contributed by atoms with Gasteiger partial charge in [0.15, 0.2) is 0 Å². The minimum absolute atomic E-state index is 0.254. The van der Waals surface area contributed by atoms with Crippen molar-refractivity contribution in [1.29, 1.82) is 0 Å². The lowest BCUT2D eigenvalue weighted by atomic mass is 10.0. The van der Waals surface area contributed by atoms with Crippen molar-refractivity contribution in [3.05, 3.63) is 58.7 Å². The number of hydrogen-bond donors (Lipinski definition) is 1. The van der Waals surface area contributed by atoms with Crippen molar-refractivity contribution in [2.24, 2.45) is 0 Å². The molecular formula is C20H25NO2. The van der Waals surface area contributed by atoms with E-state index in [1.165, 1.54) is 16.7 Å². The fourth-order valence-corrected chi connectivity index (χ4v) is 3.26. The predicted molar refractivity (Wildman–Crippen MR) is 93.2 cm³/mol. The Morgan fingerprint density at radius 2 is 2.09 bits per heavy atom. The summed E-state index contributed by atoms with van der Waals surface area (Å²) in [5.41, 5.74) is 5.02. The van der Waals surface area contributed by atoms with Gasteiger partial charge in [-0.3, -0.25) is 0 Å². The second-order valence-electron chi connectivity index (χ2n) is 6.36. The molecule has 3 nitrogen and oxygen atoms in total. The standard InChI is InChI=1S/C20H25NO2/c1-13-7-5-6-8-18(13)15(3)21-12-17-11-20-16(9-14(2)23-20)10-19(17)22-4/h5-8,10-11,14-15,21H,9,12H2,1-4H3/t14-,15-/m1/s1. The Hall–Kier alpha value is -2.00. The van der Waals surface area contributed by atoms with E-state index < -0.39 is 0 Å². The predicted octanol–water partition coefficient (Wildman–Crippen LogP) is 4.18. The summed E-state index contributed by atoms with van der Waals surface area (Å²) in [4.78, 5) is 0. The van der Waals surface area contributed by atoms with Crippen LogP contribution >= 0.6 is 0 Å². The summed E-state index contributed by atoms with van der Waals surface area (Å²) in [6.45, 7) is 7.20. The molecular weight excluding hydrogens is 286 g/mol. The summed E-state index contributed by atoms with van der Waals surface area (Å²) < 4.78 is 11.4. The van der Waals surface area contributed by atoms with Crippen LogP contribution in [0.4, 0.5) is 0 Å². The molecule has 1 heterocycles. The smallest absolute Gasteiger partial charge is 0.123 e. The molecule has 0 bridgehead atoms. The fraction of sp³-hybridized carbons (Fsp3) is 0.400. The molecule has 0 unspecified atom stereocenters. The number of hydrogen-bond acceptors (Lipinski definition) is 3. The van der Waals surface area contributed by atoms with Crippen LogP contribution in [0.15, 0.2) is 36.4 Å². The van der Waals surface area contributed by atoms with Crippen LogP contribution in [-0.2, 0) is 13.0 Å². The molecule has 2 atom stereocenters. The van der Waals surface area contributed by atoms with Crippen molar-refractivity contribution in [1.82, 2.24) is 5.32 Å². The lowest BCUT2D eigenvalue weighted by Crippen LogP contribution is -2.19. The van der Waals surface area contributed by atoms with Crippen molar-refractivity contribution in [2.75, 3.05) is 7.11 Å². The SMILES string of the molecule is COc1cc2c(cc1CN[C@H](C)c1ccccc1C)O[C@H](C)C2. The average molecular weight is 311 g/mol. The molecule has 2 aromatic carbocycles. The van der Waals surface area contributed by atoms with Gasteiger partial charge in [-0.1, -0.05) is 24.3 Å². The maximum Gasteiger partial charge on any atom is 0.123 e. The van der Waals surface area contributed by atoms with Crippen LogP contribution < -0.4 is 14.8 Å². The van der Waals surface area contributed by atoms with Crippen LogP contribution in [0.1, 0.15) is 42.1 Å². The van der Waals surface area contributed by atoms with E-state index in [0.29, 0.717) is 0 Å². The van der Waals surface area contributed by atoms with Gasteiger partial charge < -0.3 is 14.8 Å². The molecule has 0 saturated heterocycles. The third kappa shape index (κ3) is 3.35. The highest BCUT2D eigenvalue weighted by Crippen LogP contribution is 2.35. The maximum atomic E-state index is 5.87. The number of aryl methyl sites for hydroxylation is 1. The molecule has 0 fully saturated rings. The molecule has 3 heteroatoms. The minimum atomic E-state index is 0.254. The first-order chi connectivity index (χ1) is 11.1. The van der Waals surface area contributed by atoms with Gasteiger partial charge in [0.2, 0.25) is 0 Å². The zero-order valence-corrected chi connectivity index (χ0v) is 14.3. The molecule has 122 valence electrons. The number of benzene rings is 2. The zero-order chi connectivity index (χ0) is 16.4. The molecule has 1 N–H and O–H groups in total. The third-order valence-electron chi connectivity index (χ3n) is 4.55. The molecule has 0 spiro atoms. The first-order valence-electron chi connectivity index (χ1n) is 8.24. The van der Waals surface area contributed by atoms with E-state index in [9.17, 15) is 0 Å². The highest BCUT2D eigenvalue weighted by Gasteiger charge is 2.21. The van der Waals surface area contributed by atoms with Gasteiger partial charge in [0.25, 0.3) is 0 Å². The van der Waals surface area contributed by atoms with Gasteiger partial charge in [-0.25, -0.2) is 0 Å². The van der Waals surface area contributed by atoms with Crippen molar-refractivity contribution in [2.45, 2.75) is 45.9 Å². The van der Waals surface area contributed by atoms with Gasteiger partial charge in [0.1, 0.15) is 17.6 Å². The second kappa shape index (κ2) is 6.63. The van der Waals surface area contributed by atoms with E-state index in [1.807, 2.05) is 0 Å². The van der Waals surface area contributed by atoms with Gasteiger partial charge in [-0.2, -0.15) is 0 Å². The molecule has 23 heavy (non-hydrogen) atoms. The Balaban J connectivity index is 1.76. The van der Waals surface area contributed by atoms with Crippen LogP contribution in [0.5, 0.6) is 11.5 Å². The molecule has 0 aromatic heterocycles. The van der Waals surface area contributed by atoms with Crippen LogP contribution in [0, 0.1) is 6.92 Å². The van der Waals surface area contributed by atoms with E-state index in [1.54, 1.807) is 7.11 Å². The van der Waals surface area contributed by atoms with Gasteiger partial charge >= 0.3 is 0 Å². The van der Waals surface area contributed by atoms with Crippen molar-refractivity contribution >= 4 is 0 Å². The van der Waals surface area contributed by atoms with Crippen molar-refractivity contribution in [3.8, 4) is 11.5 Å². The highest BCUT2D eigenvalue weighted by atomic mass is 16.5. The maximum absolute atomic E-state index is 5.87. The lowest BCUT2D eigenvalue weighted by molar-refractivity contribution is 0.254. The largest absolute Gasteiger partial charge is 0.496 e. The summed E-state index contributed by atoms with van der Waals surface area (Å²) in [7, 11) is 1.73. The van der Waals surface area contributed by atoms with E-state index in [2.05, 4.69) is 62.5 Å². The molecule has 0 saturated carbocycles. The minimum Gasteiger partial charge on any atom is -0.496 e. The quantitative estimate of drug-likeness (QED) is 0.898. The Labute approximate surface area is 138 Å². The molecule has 2 aromatic rings. The summed E-state index contributed by atoms with van der Waals surface area (Å²) in [5.74, 6) is 1.93. The van der Waals surface area contributed by atoms with Crippen molar-refractivity contribution < 1.29 is 9.47 Å². The van der Waals surface area contributed by atoms with E-state index in [4.69, 9.17) is 9.47 Å². The Kier molecular flexibility index (Phi) is 4.58. The van der Waals surface area contributed by atoms with E-state index in [-0.39, 0.29) is 12.1 Å². The zero-order valence-electron chi connectivity index (χ0n) is 14.3. The molecule has 0 amide bonds. The van der Waals surface area contributed by atoms with Crippen LogP contribution in [0.25, 0.3) is 0 Å². The van der Waals surface area contributed by atoms with Gasteiger partial charge in [0.05, 0.1) is 7.11 Å². The van der Waals surface area contributed by atoms with Gasteiger partial charge in [-0.05, 0) is 44.0 Å². The molecule has 0 aliphatic carbocycles. The lowest BCUT2D eigenvalue weighted by Gasteiger charge is -2.18. The van der Waals surface area contributed by atoms with Crippen molar-refractivity contribution in [3.63, 3.8) is 0 Å². The number of fused-ring (bicyclic) bond motifs is 1. The first kappa shape index (κ1) is 15.9. The van der Waals surface area contributed by atoms with E-state index in [0.717, 1.165) is 30.0 Å². The molecule has 1 aliphatic heterocycles. The summed E-state index contributed by atoms with van der Waals surface area (Å²) in [5, 5.41) is 3.60. The fourth-order valence-electron chi connectivity index (χ4n) is 3.26. The first-order valence-corrected chi connectivity index (χ1v) is 8.24. The van der Waals surface area contributed by atoms with Crippen LogP contribution in [0.3, 0.4) is 0 Å². The second-order valence-corrected chi connectivity index (χ2v) is 6.36. The normalized spacial score (nSPS) is 17.5. The highest BCUT2D eigenvalue weighted by molar-refractivity contribution is 5.48. The summed E-state index contributed by atoms with van der Waals surface area (Å²) in [6, 6.07) is 13.0. The van der Waals surface area contributed by atoms with Gasteiger partial charge in [0, 0.05) is 30.1 Å². The molecule has 1 aliphatic rings. The summed E-state index contributed by atoms with van der Waals surface area (Å²) in [6.07, 6.45) is 1.21. The molecule has 3 rings (SSSR count). The Morgan fingerprint density at radius 3 is 2.83 bits per heavy atom. The third-order valence-corrected chi connectivity index (χ3v) is 4.55. The van der Waals surface area contributed by atoms with Crippen LogP contribution in [0.2, 0.25) is 0 Å².